The Balaban J connectivity index is 2.28. The fraction of sp³-hybridized carbons (Fsp3) is 0.467. The van der Waals surface area contributed by atoms with E-state index in [1.54, 1.807) is 0 Å². The van der Waals surface area contributed by atoms with Gasteiger partial charge in [0.25, 0.3) is 15.9 Å². The van der Waals surface area contributed by atoms with Gasteiger partial charge in [0.2, 0.25) is 9.70 Å². The number of halogens is 3. The van der Waals surface area contributed by atoms with Crippen LogP contribution in [0.2, 0.25) is 0 Å². The first-order valence-electron chi connectivity index (χ1n) is 8.29. The number of hydrogen-bond acceptors (Lipinski definition) is 7. The molecular weight excluding hydrogens is 490 g/mol. The van der Waals surface area contributed by atoms with Gasteiger partial charge in [-0.1, -0.05) is 46.9 Å². The van der Waals surface area contributed by atoms with E-state index in [0.29, 0.717) is 4.31 Å². The minimum absolute atomic E-state index is 0.0625. The van der Waals surface area contributed by atoms with Gasteiger partial charge in [0.1, 0.15) is 11.4 Å². The second kappa shape index (κ2) is 9.09. The van der Waals surface area contributed by atoms with E-state index in [9.17, 15) is 22.6 Å². The standard InChI is InChI=1S/C15H18Cl3N2O7PS/c1-3-26-28(23,27-4-2)14(15(16,17)18)19-12(21)9-20-13(22)10-7-5-6-8-11(10)29(20,24)25/h5-8,14H,3-4,9H2,1-2H3,(H,19,21)/t14-/m1/s1. The van der Waals surface area contributed by atoms with E-state index < -0.39 is 45.6 Å². The van der Waals surface area contributed by atoms with Crippen LogP contribution in [0.4, 0.5) is 0 Å². The molecule has 14 heteroatoms. The number of alkyl halides is 3. The molecule has 0 bridgehead atoms. The molecule has 0 saturated heterocycles. The van der Waals surface area contributed by atoms with Gasteiger partial charge >= 0.3 is 7.60 Å². The Morgan fingerprint density at radius 2 is 1.76 bits per heavy atom. The van der Waals surface area contributed by atoms with Crippen molar-refractivity contribution in [2.45, 2.75) is 28.3 Å². The molecule has 1 aliphatic heterocycles. The molecule has 1 aromatic rings. The fourth-order valence-corrected chi connectivity index (χ4v) is 7.12. The minimum atomic E-state index is -4.23. The molecule has 162 valence electrons. The maximum Gasteiger partial charge on any atom is 0.357 e. The smallest absolute Gasteiger partial charge is 0.337 e. The monoisotopic (exact) mass is 506 g/mol. The summed E-state index contributed by atoms with van der Waals surface area (Å²) in [7, 11) is -8.36. The van der Waals surface area contributed by atoms with Crippen molar-refractivity contribution < 1.29 is 31.6 Å². The lowest BCUT2D eigenvalue weighted by atomic mass is 10.2. The topological polar surface area (TPSA) is 119 Å². The third-order valence-corrected chi connectivity index (χ3v) is 9.02. The Labute approximate surface area is 183 Å². The van der Waals surface area contributed by atoms with Crippen LogP contribution in [0.3, 0.4) is 0 Å². The van der Waals surface area contributed by atoms with E-state index in [-0.39, 0.29) is 23.7 Å². The van der Waals surface area contributed by atoms with E-state index in [4.69, 9.17) is 43.9 Å². The Morgan fingerprint density at radius 3 is 2.24 bits per heavy atom. The second-order valence-electron chi connectivity index (χ2n) is 5.70. The zero-order valence-corrected chi connectivity index (χ0v) is 19.3. The first-order chi connectivity index (χ1) is 13.4. The third kappa shape index (κ3) is 5.07. The van der Waals surface area contributed by atoms with Gasteiger partial charge in [-0.05, 0) is 26.0 Å². The highest BCUT2D eigenvalue weighted by molar-refractivity contribution is 7.90. The Hall–Kier alpha value is -0.870. The van der Waals surface area contributed by atoms with Gasteiger partial charge in [-0.2, -0.15) is 0 Å². The number of carbonyl (C=O) groups excluding carboxylic acids is 2. The molecule has 9 nitrogen and oxygen atoms in total. The summed E-state index contributed by atoms with van der Waals surface area (Å²) in [6.45, 7) is 1.99. The van der Waals surface area contributed by atoms with Crippen LogP contribution in [0.15, 0.2) is 29.2 Å². The summed E-state index contributed by atoms with van der Waals surface area (Å²) in [6, 6.07) is 5.53. The van der Waals surface area contributed by atoms with Gasteiger partial charge < -0.3 is 14.4 Å². The molecule has 2 amide bonds. The molecule has 0 spiro atoms. The molecule has 0 aliphatic carbocycles. The molecule has 0 fully saturated rings. The molecule has 0 saturated carbocycles. The molecule has 1 N–H and O–H groups in total. The van der Waals surface area contributed by atoms with Crippen LogP contribution in [0.5, 0.6) is 0 Å². The number of rotatable bonds is 8. The van der Waals surface area contributed by atoms with Crippen LogP contribution < -0.4 is 5.32 Å². The van der Waals surface area contributed by atoms with Crippen molar-refractivity contribution in [2.24, 2.45) is 0 Å². The van der Waals surface area contributed by atoms with Crippen LogP contribution in [0, 0.1) is 0 Å². The fourth-order valence-electron chi connectivity index (χ4n) is 2.60. The van der Waals surface area contributed by atoms with Crippen molar-refractivity contribution in [3.8, 4) is 0 Å². The SMILES string of the molecule is CCOP(=O)(OCC)[C@@H](NC(=O)CN1C(=O)c2ccccc2S1(=O)=O)C(Cl)(Cl)Cl. The molecule has 2 rings (SSSR count). The van der Waals surface area contributed by atoms with E-state index in [2.05, 4.69) is 5.32 Å². The molecular formula is C15H18Cl3N2O7PS. The molecule has 1 heterocycles. The van der Waals surface area contributed by atoms with Crippen LogP contribution in [-0.2, 0) is 28.4 Å². The summed E-state index contributed by atoms with van der Waals surface area (Å²) in [6.07, 6.45) is 0. The van der Waals surface area contributed by atoms with Gasteiger partial charge in [0, 0.05) is 0 Å². The van der Waals surface area contributed by atoms with Crippen LogP contribution >= 0.6 is 42.4 Å². The van der Waals surface area contributed by atoms with Crippen molar-refractivity contribution in [3.63, 3.8) is 0 Å². The highest BCUT2D eigenvalue weighted by Gasteiger charge is 2.50. The summed E-state index contributed by atoms with van der Waals surface area (Å²) in [5, 5.41) is 2.17. The molecule has 0 aromatic heterocycles. The van der Waals surface area contributed by atoms with Crippen molar-refractivity contribution in [1.29, 1.82) is 0 Å². The molecule has 1 aliphatic rings. The van der Waals surface area contributed by atoms with Crippen LogP contribution in [0.1, 0.15) is 24.2 Å². The van der Waals surface area contributed by atoms with Gasteiger partial charge in [-0.25, -0.2) is 12.7 Å². The van der Waals surface area contributed by atoms with E-state index in [0.717, 1.165) is 0 Å². The van der Waals surface area contributed by atoms with Crippen molar-refractivity contribution in [3.05, 3.63) is 29.8 Å². The predicted molar refractivity (Wildman–Crippen MR) is 108 cm³/mol. The summed E-state index contributed by atoms with van der Waals surface area (Å²) in [4.78, 5) is 24.7. The average molecular weight is 508 g/mol. The second-order valence-corrected chi connectivity index (χ2v) is 12.0. The Bertz CT molecular complexity index is 941. The van der Waals surface area contributed by atoms with Gasteiger partial charge in [0.15, 0.2) is 5.78 Å². The van der Waals surface area contributed by atoms with E-state index in [1.807, 2.05) is 0 Å². The number of benzene rings is 1. The lowest BCUT2D eigenvalue weighted by Gasteiger charge is -2.31. The zero-order valence-electron chi connectivity index (χ0n) is 15.3. The lowest BCUT2D eigenvalue weighted by Crippen LogP contribution is -2.48. The number of nitrogens with one attached hydrogen (secondary N) is 1. The first kappa shape index (κ1) is 24.4. The normalized spacial score (nSPS) is 17.1. The number of nitrogens with zero attached hydrogens (tertiary/aromatic N) is 1. The molecule has 1 atom stereocenters. The summed E-state index contributed by atoms with van der Waals surface area (Å²) in [5.74, 6) is -3.65. The van der Waals surface area contributed by atoms with Gasteiger partial charge in [-0.15, -0.1) is 0 Å². The first-order valence-corrected chi connectivity index (χ1v) is 12.5. The maximum absolute atomic E-state index is 13.0. The quantitative estimate of drug-likeness (QED) is 0.424. The van der Waals surface area contributed by atoms with Crippen molar-refractivity contribution in [2.75, 3.05) is 19.8 Å². The highest BCUT2D eigenvalue weighted by Crippen LogP contribution is 2.58. The lowest BCUT2D eigenvalue weighted by molar-refractivity contribution is -0.121. The average Bonchev–Trinajstić information content (AvgIpc) is 2.80. The number of hydrogen-bond donors (Lipinski definition) is 1. The van der Waals surface area contributed by atoms with Crippen LogP contribution in [-0.4, -0.2) is 53.9 Å². The summed E-state index contributed by atoms with van der Waals surface area (Å²) >= 11 is 17.6. The van der Waals surface area contributed by atoms with Gasteiger partial charge in [0.05, 0.1) is 18.8 Å². The zero-order chi connectivity index (χ0) is 22.0. The van der Waals surface area contributed by atoms with E-state index in [1.165, 1.54) is 38.1 Å². The largest absolute Gasteiger partial charge is 0.357 e. The molecule has 0 radical (unpaired) electrons. The minimum Gasteiger partial charge on any atom is -0.337 e. The van der Waals surface area contributed by atoms with Crippen molar-refractivity contribution in [1.82, 2.24) is 9.62 Å². The summed E-state index contributed by atoms with van der Waals surface area (Å²) < 4.78 is 46.4. The number of amides is 2. The number of fused-ring (bicyclic) bond motifs is 1. The van der Waals surface area contributed by atoms with E-state index >= 15 is 0 Å². The highest BCUT2D eigenvalue weighted by atomic mass is 35.6. The maximum atomic E-state index is 13.0. The predicted octanol–water partition coefficient (Wildman–Crippen LogP) is 2.91. The molecule has 1 aromatic carbocycles. The summed E-state index contributed by atoms with van der Waals surface area (Å²) in [5.41, 5.74) is -0.0625. The van der Waals surface area contributed by atoms with Gasteiger partial charge in [-0.3, -0.25) is 14.2 Å². The number of carbonyl (C=O) groups is 2. The third-order valence-electron chi connectivity index (χ3n) is 3.74. The number of sulfonamides is 1. The Kier molecular flexibility index (Phi) is 7.65. The van der Waals surface area contributed by atoms with Crippen molar-refractivity contribution >= 4 is 64.2 Å². The Morgan fingerprint density at radius 1 is 1.21 bits per heavy atom. The van der Waals surface area contributed by atoms with Crippen LogP contribution in [0.25, 0.3) is 0 Å². The molecule has 0 unspecified atom stereocenters. The molecule has 29 heavy (non-hydrogen) atoms.